The van der Waals surface area contributed by atoms with Crippen LogP contribution in [0.4, 0.5) is 4.79 Å². The van der Waals surface area contributed by atoms with Crippen molar-refractivity contribution in [2.24, 2.45) is 0 Å². The molecule has 2 aromatic carbocycles. The van der Waals surface area contributed by atoms with Crippen molar-refractivity contribution in [2.45, 2.75) is 38.9 Å². The highest BCUT2D eigenvalue weighted by Gasteiger charge is 2.15. The number of hydrogen-bond donors (Lipinski definition) is 2. The predicted molar refractivity (Wildman–Crippen MR) is 105 cm³/mol. The summed E-state index contributed by atoms with van der Waals surface area (Å²) < 4.78 is 1.91. The molecule has 0 radical (unpaired) electrons. The van der Waals surface area contributed by atoms with Crippen molar-refractivity contribution in [3.05, 3.63) is 83.9 Å². The van der Waals surface area contributed by atoms with Gasteiger partial charge in [0.1, 0.15) is 6.33 Å². The number of aryl methyl sites for hydroxylation is 2. The van der Waals surface area contributed by atoms with Crippen LogP contribution in [0.5, 0.6) is 0 Å². The van der Waals surface area contributed by atoms with E-state index in [2.05, 4.69) is 33.0 Å². The summed E-state index contributed by atoms with van der Waals surface area (Å²) in [5.41, 5.74) is 2.36. The van der Waals surface area contributed by atoms with Crippen LogP contribution in [-0.4, -0.2) is 20.8 Å². The van der Waals surface area contributed by atoms with Gasteiger partial charge in [0.2, 0.25) is 0 Å². The van der Waals surface area contributed by atoms with Gasteiger partial charge < -0.3 is 15.2 Å². The van der Waals surface area contributed by atoms with Gasteiger partial charge in [0.25, 0.3) is 0 Å². The first-order chi connectivity index (χ1) is 13.3. The van der Waals surface area contributed by atoms with E-state index in [4.69, 9.17) is 0 Å². The molecule has 1 aromatic heterocycles. The Morgan fingerprint density at radius 3 is 2.48 bits per heavy atom. The minimum Gasteiger partial charge on any atom is -0.331 e. The predicted octanol–water partition coefficient (Wildman–Crippen LogP) is 3.47. The van der Waals surface area contributed by atoms with Crippen LogP contribution < -0.4 is 10.6 Å². The van der Waals surface area contributed by atoms with E-state index in [9.17, 15) is 4.79 Å². The summed E-state index contributed by atoms with van der Waals surface area (Å²) in [5.74, 6) is 0.744. The van der Waals surface area contributed by atoms with E-state index in [1.165, 1.54) is 5.56 Å². The van der Waals surface area contributed by atoms with E-state index in [1.54, 1.807) is 6.33 Å². The van der Waals surface area contributed by atoms with Crippen molar-refractivity contribution >= 4 is 6.03 Å². The van der Waals surface area contributed by atoms with Gasteiger partial charge in [-0.05, 0) is 30.9 Å². The van der Waals surface area contributed by atoms with Crippen molar-refractivity contribution in [2.75, 3.05) is 0 Å². The molecule has 0 aliphatic carbocycles. The monoisotopic (exact) mass is 363 g/mol. The molecule has 2 N–H and O–H groups in total. The topological polar surface area (TPSA) is 71.8 Å². The van der Waals surface area contributed by atoms with Crippen LogP contribution in [0.1, 0.15) is 36.3 Å². The number of nitrogens with zero attached hydrogens (tertiary/aromatic N) is 3. The van der Waals surface area contributed by atoms with Crippen LogP contribution in [-0.2, 0) is 19.5 Å². The number of carbonyl (C=O) groups excluding carboxylic acids is 1. The van der Waals surface area contributed by atoms with Gasteiger partial charge in [-0.3, -0.25) is 0 Å². The zero-order chi connectivity index (χ0) is 18.9. The van der Waals surface area contributed by atoms with Crippen molar-refractivity contribution in [3.8, 4) is 0 Å². The molecular weight excluding hydrogens is 338 g/mol. The number of benzene rings is 2. The van der Waals surface area contributed by atoms with E-state index in [0.717, 1.165) is 30.8 Å². The fourth-order valence-electron chi connectivity index (χ4n) is 3.01. The van der Waals surface area contributed by atoms with E-state index in [1.807, 2.05) is 60.0 Å². The highest BCUT2D eigenvalue weighted by molar-refractivity contribution is 5.74. The zero-order valence-corrected chi connectivity index (χ0v) is 15.5. The average molecular weight is 363 g/mol. The standard InChI is InChI=1S/C21H25N5O/c1-2-26-16-23-25-20(26)15-22-21(27)24-19(18-11-7-4-8-12-18)14-13-17-9-5-3-6-10-17/h3-12,16,19H,2,13-15H2,1H3,(H2,22,24,27)/t19-/m1/s1. The van der Waals surface area contributed by atoms with Crippen molar-refractivity contribution < 1.29 is 4.79 Å². The van der Waals surface area contributed by atoms with Crippen molar-refractivity contribution in [3.63, 3.8) is 0 Å². The number of amides is 2. The number of nitrogens with one attached hydrogen (secondary N) is 2. The summed E-state index contributed by atoms with van der Waals surface area (Å²) in [4.78, 5) is 12.5. The molecule has 0 saturated heterocycles. The van der Waals surface area contributed by atoms with E-state index in [0.29, 0.717) is 6.54 Å². The highest BCUT2D eigenvalue weighted by Crippen LogP contribution is 2.19. The largest absolute Gasteiger partial charge is 0.331 e. The molecular formula is C21H25N5O. The van der Waals surface area contributed by atoms with Crippen molar-refractivity contribution in [1.29, 1.82) is 0 Å². The summed E-state index contributed by atoms with van der Waals surface area (Å²) in [6.07, 6.45) is 3.39. The third-order valence-electron chi connectivity index (χ3n) is 4.52. The summed E-state index contributed by atoms with van der Waals surface area (Å²) in [5, 5.41) is 13.9. The smallest absolute Gasteiger partial charge is 0.315 e. The Bertz CT molecular complexity index is 832. The molecule has 0 aliphatic rings. The lowest BCUT2D eigenvalue weighted by molar-refractivity contribution is 0.235. The fraction of sp³-hybridized carbons (Fsp3) is 0.286. The minimum absolute atomic E-state index is 0.0598. The minimum atomic E-state index is -0.206. The maximum atomic E-state index is 12.5. The van der Waals surface area contributed by atoms with E-state index < -0.39 is 0 Å². The summed E-state index contributed by atoms with van der Waals surface area (Å²) >= 11 is 0. The molecule has 0 unspecified atom stereocenters. The second kappa shape index (κ2) is 9.52. The molecule has 140 valence electrons. The Balaban J connectivity index is 1.61. The molecule has 1 atom stereocenters. The molecule has 0 aliphatic heterocycles. The Morgan fingerprint density at radius 2 is 1.78 bits per heavy atom. The van der Waals surface area contributed by atoms with Gasteiger partial charge in [0, 0.05) is 6.54 Å². The maximum absolute atomic E-state index is 12.5. The summed E-state index contributed by atoms with van der Waals surface area (Å²) in [7, 11) is 0. The normalized spacial score (nSPS) is 11.7. The molecule has 6 heteroatoms. The van der Waals surface area contributed by atoms with Gasteiger partial charge in [0.15, 0.2) is 5.82 Å². The van der Waals surface area contributed by atoms with Crippen molar-refractivity contribution in [1.82, 2.24) is 25.4 Å². The number of rotatable bonds is 8. The third-order valence-corrected chi connectivity index (χ3v) is 4.52. The molecule has 6 nitrogen and oxygen atoms in total. The molecule has 0 saturated carbocycles. The molecule has 0 bridgehead atoms. The molecule has 27 heavy (non-hydrogen) atoms. The lowest BCUT2D eigenvalue weighted by Crippen LogP contribution is -2.38. The maximum Gasteiger partial charge on any atom is 0.315 e. The first-order valence-corrected chi connectivity index (χ1v) is 9.26. The lowest BCUT2D eigenvalue weighted by atomic mass is 9.99. The third kappa shape index (κ3) is 5.41. The van der Waals surface area contributed by atoms with Crippen LogP contribution in [0, 0.1) is 0 Å². The zero-order valence-electron chi connectivity index (χ0n) is 15.5. The van der Waals surface area contributed by atoms with Gasteiger partial charge >= 0.3 is 6.03 Å². The Labute approximate surface area is 159 Å². The first-order valence-electron chi connectivity index (χ1n) is 9.26. The lowest BCUT2D eigenvalue weighted by Gasteiger charge is -2.20. The van der Waals surface area contributed by atoms with Crippen LogP contribution >= 0.6 is 0 Å². The quantitative estimate of drug-likeness (QED) is 0.644. The first kappa shape index (κ1) is 18.6. The molecule has 2 amide bonds. The second-order valence-electron chi connectivity index (χ2n) is 6.35. The number of carbonyl (C=O) groups is 1. The number of aromatic nitrogens is 3. The van der Waals surface area contributed by atoms with Crippen LogP contribution in [0.15, 0.2) is 67.0 Å². The van der Waals surface area contributed by atoms with Gasteiger partial charge in [0.05, 0.1) is 12.6 Å². The molecule has 3 rings (SSSR count). The highest BCUT2D eigenvalue weighted by atomic mass is 16.2. The fourth-order valence-corrected chi connectivity index (χ4v) is 3.01. The second-order valence-corrected chi connectivity index (χ2v) is 6.35. The number of urea groups is 1. The molecule has 0 spiro atoms. The molecule has 1 heterocycles. The van der Waals surface area contributed by atoms with E-state index >= 15 is 0 Å². The Morgan fingerprint density at radius 1 is 1.07 bits per heavy atom. The Hall–Kier alpha value is -3.15. The molecule has 3 aromatic rings. The van der Waals surface area contributed by atoms with Crippen LogP contribution in [0.3, 0.4) is 0 Å². The SMILES string of the molecule is CCn1cnnc1CNC(=O)N[C@H](CCc1ccccc1)c1ccccc1. The summed E-state index contributed by atoms with van der Waals surface area (Å²) in [6, 6.07) is 20.1. The van der Waals surface area contributed by atoms with Gasteiger partial charge in [-0.2, -0.15) is 0 Å². The van der Waals surface area contributed by atoms with Gasteiger partial charge in [-0.1, -0.05) is 60.7 Å². The van der Waals surface area contributed by atoms with Crippen LogP contribution in [0.25, 0.3) is 0 Å². The van der Waals surface area contributed by atoms with E-state index in [-0.39, 0.29) is 12.1 Å². The number of hydrogen-bond acceptors (Lipinski definition) is 3. The molecule has 0 fully saturated rings. The van der Waals surface area contributed by atoms with Gasteiger partial charge in [-0.25, -0.2) is 4.79 Å². The summed E-state index contributed by atoms with van der Waals surface area (Å²) in [6.45, 7) is 3.14. The Kier molecular flexibility index (Phi) is 6.57. The van der Waals surface area contributed by atoms with Crippen LogP contribution in [0.2, 0.25) is 0 Å². The average Bonchev–Trinajstić information content (AvgIpc) is 3.18. The van der Waals surface area contributed by atoms with Gasteiger partial charge in [-0.15, -0.1) is 10.2 Å².